The Bertz CT molecular complexity index is 641. The first-order chi connectivity index (χ1) is 9.20. The Balaban J connectivity index is 2.02. The van der Waals surface area contributed by atoms with Gasteiger partial charge in [-0.1, -0.05) is 19.1 Å². The number of hydrogen-bond acceptors (Lipinski definition) is 2. The van der Waals surface area contributed by atoms with E-state index in [1.54, 1.807) is 0 Å². The molecule has 3 rings (SSSR count). The molecule has 1 aromatic heterocycles. The van der Waals surface area contributed by atoms with Crippen LogP contribution in [0.4, 0.5) is 0 Å². The monoisotopic (exact) mass is 292 g/mol. The van der Waals surface area contributed by atoms with Gasteiger partial charge in [0.2, 0.25) is 0 Å². The third kappa shape index (κ3) is 2.36. The number of nitrogens with zero attached hydrogens (tertiary/aromatic N) is 1. The summed E-state index contributed by atoms with van der Waals surface area (Å²) in [6, 6.07) is 6.97. The molecule has 0 radical (unpaired) electrons. The fraction of sp³-hybridized carbons (Fsp3) is 0.533. The van der Waals surface area contributed by atoms with Gasteiger partial charge in [0.05, 0.1) is 11.0 Å². The third-order valence-electron chi connectivity index (χ3n) is 4.06. The lowest BCUT2D eigenvalue weighted by Crippen LogP contribution is -2.07. The van der Waals surface area contributed by atoms with Crippen molar-refractivity contribution in [3.8, 4) is 0 Å². The van der Waals surface area contributed by atoms with Crippen LogP contribution in [0.25, 0.3) is 11.0 Å². The van der Waals surface area contributed by atoms with Gasteiger partial charge < -0.3 is 9.55 Å². The molecule has 2 atom stereocenters. The second kappa shape index (κ2) is 5.33. The van der Waals surface area contributed by atoms with E-state index in [0.717, 1.165) is 10.0 Å². The van der Waals surface area contributed by atoms with Crippen molar-refractivity contribution in [2.24, 2.45) is 0 Å². The summed E-state index contributed by atoms with van der Waals surface area (Å²) in [5.41, 5.74) is 3.80. The summed E-state index contributed by atoms with van der Waals surface area (Å²) in [6.45, 7) is 4.42. The van der Waals surface area contributed by atoms with Gasteiger partial charge in [0.25, 0.3) is 0 Å². The summed E-state index contributed by atoms with van der Waals surface area (Å²) in [4.78, 5) is 3.36. The molecule has 1 heterocycles. The smallest absolute Gasteiger partial charge is 0.178 e. The molecule has 2 aromatic rings. The number of rotatable bonds is 3. The lowest BCUT2D eigenvalue weighted by Gasteiger charge is -2.15. The van der Waals surface area contributed by atoms with E-state index in [2.05, 4.69) is 53.4 Å². The van der Waals surface area contributed by atoms with E-state index in [0.29, 0.717) is 6.04 Å². The van der Waals surface area contributed by atoms with Crippen LogP contribution in [-0.2, 0) is 0 Å². The highest BCUT2D eigenvalue weighted by atomic mass is 32.2. The Hall–Kier alpha value is -0.740. The molecule has 4 heteroatoms. The van der Waals surface area contributed by atoms with Gasteiger partial charge in [-0.3, -0.25) is 0 Å². The molecular weight excluding hydrogens is 272 g/mol. The molecule has 1 N–H and O–H groups in total. The van der Waals surface area contributed by atoms with Crippen LogP contribution in [0.15, 0.2) is 18.2 Å². The van der Waals surface area contributed by atoms with Crippen LogP contribution < -0.4 is 0 Å². The number of imidazole rings is 1. The molecule has 0 aliphatic heterocycles. The Labute approximate surface area is 123 Å². The number of hydrogen-bond donors (Lipinski definition) is 1. The number of aryl methyl sites for hydroxylation is 1. The normalized spacial score (nSPS) is 23.3. The van der Waals surface area contributed by atoms with E-state index in [4.69, 9.17) is 12.2 Å². The van der Waals surface area contributed by atoms with Crippen LogP contribution in [0, 0.1) is 11.7 Å². The van der Waals surface area contributed by atoms with E-state index in [1.807, 2.05) is 0 Å². The first-order valence-electron chi connectivity index (χ1n) is 7.02. The zero-order valence-corrected chi connectivity index (χ0v) is 13.1. The second-order valence-corrected chi connectivity index (χ2v) is 7.28. The first-order valence-corrected chi connectivity index (χ1v) is 8.48. The minimum Gasteiger partial charge on any atom is -0.331 e. The average molecular weight is 292 g/mol. The number of benzene rings is 1. The number of fused-ring (bicyclic) bond motifs is 1. The van der Waals surface area contributed by atoms with Crippen molar-refractivity contribution in [2.45, 2.75) is 44.4 Å². The van der Waals surface area contributed by atoms with Crippen molar-refractivity contribution in [1.82, 2.24) is 9.55 Å². The fourth-order valence-electron chi connectivity index (χ4n) is 3.24. The third-order valence-corrected chi connectivity index (χ3v) is 5.60. The van der Waals surface area contributed by atoms with Gasteiger partial charge in [-0.05, 0) is 55.8 Å². The molecule has 1 saturated carbocycles. The van der Waals surface area contributed by atoms with E-state index in [-0.39, 0.29) is 0 Å². The SMILES string of the molecule is CCSC1CCC(n2c(=S)[nH]c3cccc(C)c32)C1. The predicted octanol–water partition coefficient (Wildman–Crippen LogP) is 4.85. The first kappa shape index (κ1) is 13.3. The lowest BCUT2D eigenvalue weighted by molar-refractivity contribution is 0.527. The maximum atomic E-state index is 5.55. The highest BCUT2D eigenvalue weighted by Crippen LogP contribution is 2.39. The Morgan fingerprint density at radius 1 is 1.42 bits per heavy atom. The summed E-state index contributed by atoms with van der Waals surface area (Å²) >= 11 is 7.65. The molecule has 19 heavy (non-hydrogen) atoms. The van der Waals surface area contributed by atoms with E-state index >= 15 is 0 Å². The largest absolute Gasteiger partial charge is 0.331 e. The Morgan fingerprint density at radius 3 is 3.05 bits per heavy atom. The number of aromatic nitrogens is 2. The van der Waals surface area contributed by atoms with Crippen LogP contribution in [0.5, 0.6) is 0 Å². The summed E-state index contributed by atoms with van der Waals surface area (Å²) in [5, 5.41) is 0.811. The predicted molar refractivity (Wildman–Crippen MR) is 86.7 cm³/mol. The minimum atomic E-state index is 0.575. The van der Waals surface area contributed by atoms with Gasteiger partial charge in [0.15, 0.2) is 4.77 Å². The second-order valence-electron chi connectivity index (χ2n) is 5.32. The molecule has 0 saturated heterocycles. The van der Waals surface area contributed by atoms with Gasteiger partial charge in [0, 0.05) is 11.3 Å². The summed E-state index contributed by atoms with van der Waals surface area (Å²) < 4.78 is 3.26. The number of nitrogens with one attached hydrogen (secondary N) is 1. The van der Waals surface area contributed by atoms with Crippen LogP contribution in [0.3, 0.4) is 0 Å². The maximum Gasteiger partial charge on any atom is 0.178 e. The van der Waals surface area contributed by atoms with Gasteiger partial charge in [0.1, 0.15) is 0 Å². The number of para-hydroxylation sites is 1. The molecule has 1 fully saturated rings. The highest BCUT2D eigenvalue weighted by molar-refractivity contribution is 7.99. The van der Waals surface area contributed by atoms with Crippen LogP contribution in [-0.4, -0.2) is 20.6 Å². The van der Waals surface area contributed by atoms with Crippen LogP contribution in [0.2, 0.25) is 0 Å². The van der Waals surface area contributed by atoms with E-state index < -0.39 is 0 Å². The summed E-state index contributed by atoms with van der Waals surface area (Å²) in [6.07, 6.45) is 3.84. The van der Waals surface area contributed by atoms with Crippen LogP contribution in [0.1, 0.15) is 37.8 Å². The molecule has 2 unspecified atom stereocenters. The summed E-state index contributed by atoms with van der Waals surface area (Å²) in [5.74, 6) is 1.22. The van der Waals surface area contributed by atoms with Gasteiger partial charge >= 0.3 is 0 Å². The van der Waals surface area contributed by atoms with E-state index in [1.165, 1.54) is 41.6 Å². The number of thioether (sulfide) groups is 1. The van der Waals surface area contributed by atoms with Crippen LogP contribution >= 0.6 is 24.0 Å². The number of aromatic amines is 1. The Morgan fingerprint density at radius 2 is 2.26 bits per heavy atom. The molecule has 102 valence electrons. The fourth-order valence-corrected chi connectivity index (χ4v) is 4.73. The minimum absolute atomic E-state index is 0.575. The zero-order valence-electron chi connectivity index (χ0n) is 11.5. The standard InChI is InChI=1S/C15H20N2S2/c1-3-19-12-8-7-11(9-12)17-14-10(2)5-4-6-13(14)16-15(17)18/h4-6,11-12H,3,7-9H2,1-2H3,(H,16,18). The quantitative estimate of drug-likeness (QED) is 0.816. The molecule has 1 aliphatic carbocycles. The summed E-state index contributed by atoms with van der Waals surface area (Å²) in [7, 11) is 0. The average Bonchev–Trinajstić information content (AvgIpc) is 2.94. The molecule has 0 bridgehead atoms. The van der Waals surface area contributed by atoms with E-state index in [9.17, 15) is 0 Å². The number of H-pyrrole nitrogens is 1. The van der Waals surface area contributed by atoms with Gasteiger partial charge in [-0.2, -0.15) is 11.8 Å². The maximum absolute atomic E-state index is 5.55. The topological polar surface area (TPSA) is 20.7 Å². The van der Waals surface area contributed by atoms with Crippen molar-refractivity contribution in [3.63, 3.8) is 0 Å². The Kier molecular flexibility index (Phi) is 3.72. The molecule has 1 aromatic carbocycles. The van der Waals surface area contributed by atoms with Crippen molar-refractivity contribution in [3.05, 3.63) is 28.5 Å². The highest BCUT2D eigenvalue weighted by Gasteiger charge is 2.27. The molecule has 1 aliphatic rings. The van der Waals surface area contributed by atoms with Crippen molar-refractivity contribution < 1.29 is 0 Å². The lowest BCUT2D eigenvalue weighted by atomic mass is 10.2. The van der Waals surface area contributed by atoms with Crippen molar-refractivity contribution in [2.75, 3.05) is 5.75 Å². The molecule has 0 spiro atoms. The zero-order chi connectivity index (χ0) is 13.4. The van der Waals surface area contributed by atoms with Gasteiger partial charge in [-0.25, -0.2) is 0 Å². The molecule has 2 nitrogen and oxygen atoms in total. The van der Waals surface area contributed by atoms with Crippen molar-refractivity contribution in [1.29, 1.82) is 0 Å². The molecule has 0 amide bonds. The van der Waals surface area contributed by atoms with Gasteiger partial charge in [-0.15, -0.1) is 0 Å². The van der Waals surface area contributed by atoms with Crippen molar-refractivity contribution >= 4 is 35.0 Å². The molecular formula is C15H20N2S2.